The maximum atomic E-state index is 12.2. The molecule has 0 saturated carbocycles. The Labute approximate surface area is 126 Å². The molecule has 0 atom stereocenters. The third kappa shape index (κ3) is 6.75. The molecule has 0 N–H and O–H groups in total. The first-order valence-corrected chi connectivity index (χ1v) is 6.99. The molecule has 1 amide bonds. The van der Waals surface area contributed by atoms with E-state index in [0.717, 1.165) is 5.56 Å². The summed E-state index contributed by atoms with van der Waals surface area (Å²) in [5, 5.41) is 0. The number of ether oxygens (including phenoxy) is 1. The van der Waals surface area contributed by atoms with E-state index >= 15 is 0 Å². The summed E-state index contributed by atoms with van der Waals surface area (Å²) >= 11 is 0. The lowest BCUT2D eigenvalue weighted by atomic mass is 10.2. The van der Waals surface area contributed by atoms with Crippen molar-refractivity contribution < 1.29 is 14.3 Å². The van der Waals surface area contributed by atoms with E-state index in [0.29, 0.717) is 13.1 Å². The van der Waals surface area contributed by atoms with Crippen LogP contribution in [0.4, 0.5) is 4.79 Å². The van der Waals surface area contributed by atoms with E-state index in [4.69, 9.17) is 4.74 Å². The number of carbonyl (C=O) groups excluding carboxylic acids is 2. The van der Waals surface area contributed by atoms with Crippen molar-refractivity contribution in [1.29, 1.82) is 0 Å². The maximum absolute atomic E-state index is 12.2. The number of allylic oxidation sites excluding steroid dienone is 1. The van der Waals surface area contributed by atoms with Gasteiger partial charge in [0, 0.05) is 19.5 Å². The Morgan fingerprint density at radius 2 is 1.86 bits per heavy atom. The van der Waals surface area contributed by atoms with Gasteiger partial charge in [0.2, 0.25) is 0 Å². The SMILES string of the molecule is C=CC(=O)CCN(Cc1ccccc1)C(=O)OC(C)(C)C. The van der Waals surface area contributed by atoms with Gasteiger partial charge in [0.1, 0.15) is 5.60 Å². The zero-order chi connectivity index (χ0) is 15.9. The third-order valence-corrected chi connectivity index (χ3v) is 2.72. The topological polar surface area (TPSA) is 46.6 Å². The first-order valence-electron chi connectivity index (χ1n) is 6.99. The van der Waals surface area contributed by atoms with Gasteiger partial charge in [-0.15, -0.1) is 0 Å². The van der Waals surface area contributed by atoms with Gasteiger partial charge in [-0.2, -0.15) is 0 Å². The van der Waals surface area contributed by atoms with Crippen LogP contribution in [0.2, 0.25) is 0 Å². The molecule has 1 aromatic carbocycles. The quantitative estimate of drug-likeness (QED) is 0.752. The molecule has 0 aliphatic carbocycles. The summed E-state index contributed by atoms with van der Waals surface area (Å²) in [5.74, 6) is -0.0865. The lowest BCUT2D eigenvalue weighted by Gasteiger charge is -2.27. The molecule has 0 fully saturated rings. The molecule has 0 radical (unpaired) electrons. The van der Waals surface area contributed by atoms with Crippen LogP contribution >= 0.6 is 0 Å². The summed E-state index contributed by atoms with van der Waals surface area (Å²) in [6.07, 6.45) is 1.11. The predicted octanol–water partition coefficient (Wildman–Crippen LogP) is 3.57. The summed E-state index contributed by atoms with van der Waals surface area (Å²) in [6, 6.07) is 9.62. The van der Waals surface area contributed by atoms with Crippen LogP contribution in [0.1, 0.15) is 32.8 Å². The lowest BCUT2D eigenvalue weighted by Crippen LogP contribution is -2.37. The second-order valence-corrected chi connectivity index (χ2v) is 5.81. The number of hydrogen-bond acceptors (Lipinski definition) is 3. The average molecular weight is 289 g/mol. The van der Waals surface area contributed by atoms with Crippen LogP contribution in [0.5, 0.6) is 0 Å². The van der Waals surface area contributed by atoms with Crippen molar-refractivity contribution in [1.82, 2.24) is 4.90 Å². The van der Waals surface area contributed by atoms with Crippen LogP contribution in [0.15, 0.2) is 43.0 Å². The standard InChI is InChI=1S/C17H23NO3/c1-5-15(19)11-12-18(16(20)21-17(2,3)4)13-14-9-7-6-8-10-14/h5-10H,1,11-13H2,2-4H3. The van der Waals surface area contributed by atoms with Gasteiger partial charge in [0.05, 0.1) is 0 Å². The van der Waals surface area contributed by atoms with Crippen molar-refractivity contribution in [3.8, 4) is 0 Å². The molecule has 1 rings (SSSR count). The molecular weight excluding hydrogens is 266 g/mol. The molecule has 0 saturated heterocycles. The molecule has 1 aromatic rings. The van der Waals surface area contributed by atoms with Crippen molar-refractivity contribution in [2.45, 2.75) is 39.3 Å². The maximum Gasteiger partial charge on any atom is 0.410 e. The number of nitrogens with zero attached hydrogens (tertiary/aromatic N) is 1. The minimum Gasteiger partial charge on any atom is -0.444 e. The largest absolute Gasteiger partial charge is 0.444 e. The molecule has 0 heterocycles. The van der Waals surface area contributed by atoms with Crippen LogP contribution in [-0.4, -0.2) is 28.9 Å². The van der Waals surface area contributed by atoms with Gasteiger partial charge < -0.3 is 9.64 Å². The van der Waals surface area contributed by atoms with E-state index in [-0.39, 0.29) is 12.2 Å². The van der Waals surface area contributed by atoms with Crippen molar-refractivity contribution in [3.63, 3.8) is 0 Å². The second-order valence-electron chi connectivity index (χ2n) is 5.81. The molecule has 0 aliphatic rings. The summed E-state index contributed by atoms with van der Waals surface area (Å²) in [4.78, 5) is 25.2. The summed E-state index contributed by atoms with van der Waals surface area (Å²) in [6.45, 7) is 9.63. The summed E-state index contributed by atoms with van der Waals surface area (Å²) in [7, 11) is 0. The average Bonchev–Trinajstić information content (AvgIpc) is 2.42. The summed E-state index contributed by atoms with van der Waals surface area (Å²) in [5.41, 5.74) is 0.434. The van der Waals surface area contributed by atoms with Crippen molar-refractivity contribution in [2.24, 2.45) is 0 Å². The van der Waals surface area contributed by atoms with Gasteiger partial charge >= 0.3 is 6.09 Å². The second kappa shape index (κ2) is 7.62. The van der Waals surface area contributed by atoms with Crippen molar-refractivity contribution in [3.05, 3.63) is 48.6 Å². The number of ketones is 1. The lowest BCUT2D eigenvalue weighted by molar-refractivity contribution is -0.114. The zero-order valence-electron chi connectivity index (χ0n) is 13.0. The Hall–Kier alpha value is -2.10. The molecule has 0 aromatic heterocycles. The number of rotatable bonds is 6. The van der Waals surface area contributed by atoms with E-state index < -0.39 is 11.7 Å². The van der Waals surface area contributed by atoms with E-state index in [1.54, 1.807) is 4.90 Å². The molecule has 4 nitrogen and oxygen atoms in total. The van der Waals surface area contributed by atoms with Crippen molar-refractivity contribution >= 4 is 11.9 Å². The molecule has 4 heteroatoms. The highest BCUT2D eigenvalue weighted by molar-refractivity contribution is 5.89. The van der Waals surface area contributed by atoms with E-state index in [2.05, 4.69) is 6.58 Å². The Morgan fingerprint density at radius 3 is 2.38 bits per heavy atom. The highest BCUT2D eigenvalue weighted by Crippen LogP contribution is 2.13. The minimum atomic E-state index is -0.561. The van der Waals surface area contributed by atoms with Gasteiger partial charge in [-0.25, -0.2) is 4.79 Å². The fourth-order valence-corrected chi connectivity index (χ4v) is 1.71. The number of carbonyl (C=O) groups is 2. The molecule has 0 aliphatic heterocycles. The van der Waals surface area contributed by atoms with Gasteiger partial charge in [-0.1, -0.05) is 36.9 Å². The van der Waals surface area contributed by atoms with Crippen LogP contribution in [0.25, 0.3) is 0 Å². The number of amides is 1. The first-order chi connectivity index (χ1) is 9.81. The fraction of sp³-hybridized carbons (Fsp3) is 0.412. The summed E-state index contributed by atoms with van der Waals surface area (Å²) < 4.78 is 5.39. The van der Waals surface area contributed by atoms with E-state index in [9.17, 15) is 9.59 Å². The molecule has 21 heavy (non-hydrogen) atoms. The highest BCUT2D eigenvalue weighted by atomic mass is 16.6. The Bertz CT molecular complexity index is 489. The number of benzene rings is 1. The monoisotopic (exact) mass is 289 g/mol. The van der Waals surface area contributed by atoms with Crippen LogP contribution in [-0.2, 0) is 16.1 Å². The van der Waals surface area contributed by atoms with Gasteiger partial charge in [-0.05, 0) is 32.4 Å². The molecule has 0 unspecified atom stereocenters. The van der Waals surface area contributed by atoms with E-state index in [1.807, 2.05) is 51.1 Å². The van der Waals surface area contributed by atoms with Crippen LogP contribution in [0, 0.1) is 0 Å². The third-order valence-electron chi connectivity index (χ3n) is 2.72. The Balaban J connectivity index is 2.76. The minimum absolute atomic E-state index is 0.0865. The van der Waals surface area contributed by atoms with Gasteiger partial charge in [0.25, 0.3) is 0 Å². The van der Waals surface area contributed by atoms with Gasteiger partial charge in [0.15, 0.2) is 5.78 Å². The molecule has 0 spiro atoms. The van der Waals surface area contributed by atoms with Crippen molar-refractivity contribution in [2.75, 3.05) is 6.54 Å². The first kappa shape index (κ1) is 17.0. The normalized spacial score (nSPS) is 10.8. The molecular formula is C17H23NO3. The molecule has 114 valence electrons. The van der Waals surface area contributed by atoms with Crippen LogP contribution in [0.3, 0.4) is 0 Å². The molecule has 0 bridgehead atoms. The fourth-order valence-electron chi connectivity index (χ4n) is 1.71. The highest BCUT2D eigenvalue weighted by Gasteiger charge is 2.22. The Morgan fingerprint density at radius 1 is 1.24 bits per heavy atom. The zero-order valence-corrected chi connectivity index (χ0v) is 13.0. The Kier molecular flexibility index (Phi) is 6.15. The van der Waals surface area contributed by atoms with E-state index in [1.165, 1.54) is 6.08 Å². The van der Waals surface area contributed by atoms with Gasteiger partial charge in [-0.3, -0.25) is 4.79 Å². The predicted molar refractivity (Wildman–Crippen MR) is 82.9 cm³/mol. The number of hydrogen-bond donors (Lipinski definition) is 0. The van der Waals surface area contributed by atoms with Crippen LogP contribution < -0.4 is 0 Å². The smallest absolute Gasteiger partial charge is 0.410 e.